The van der Waals surface area contributed by atoms with Crippen LogP contribution < -0.4 is 4.80 Å². The zero-order valence-corrected chi connectivity index (χ0v) is 20.2. The van der Waals surface area contributed by atoms with Crippen molar-refractivity contribution in [3.05, 3.63) is 57.2 Å². The molecule has 0 aliphatic heterocycles. The maximum atomic E-state index is 13.0. The lowest BCUT2D eigenvalue weighted by Gasteiger charge is -2.05. The van der Waals surface area contributed by atoms with Crippen molar-refractivity contribution in [2.45, 2.75) is 18.4 Å². The Bertz CT molecular complexity index is 1550. The number of rotatable bonds is 5. The van der Waals surface area contributed by atoms with Crippen LogP contribution in [0.4, 0.5) is 0 Å². The summed E-state index contributed by atoms with van der Waals surface area (Å²) in [6.45, 7) is 1.74. The molecule has 0 aliphatic rings. The summed E-state index contributed by atoms with van der Waals surface area (Å²) >= 11 is 8.77. The van der Waals surface area contributed by atoms with Crippen molar-refractivity contribution in [1.29, 1.82) is 0 Å². The van der Waals surface area contributed by atoms with Crippen molar-refractivity contribution in [1.82, 2.24) is 4.57 Å². The minimum absolute atomic E-state index is 0.139. The topological polar surface area (TPSA) is 94.8 Å². The van der Waals surface area contributed by atoms with E-state index in [0.717, 1.165) is 27.7 Å². The lowest BCUT2D eigenvalue weighted by molar-refractivity contribution is -0.143. The number of esters is 1. The van der Waals surface area contributed by atoms with Crippen molar-refractivity contribution in [3.8, 4) is 0 Å². The lowest BCUT2D eigenvalue weighted by Crippen LogP contribution is -2.23. The summed E-state index contributed by atoms with van der Waals surface area (Å²) in [5.41, 5.74) is 0.574. The number of carbonyl (C=O) groups excluding carboxylic acids is 2. The van der Waals surface area contributed by atoms with Crippen LogP contribution in [0.15, 0.2) is 52.4 Å². The summed E-state index contributed by atoms with van der Waals surface area (Å²) in [6.07, 6.45) is 1.12. The van der Waals surface area contributed by atoms with E-state index < -0.39 is 21.7 Å². The minimum atomic E-state index is -3.42. The smallest absolute Gasteiger partial charge is 0.326 e. The molecule has 0 spiro atoms. The van der Waals surface area contributed by atoms with Crippen LogP contribution in [0.1, 0.15) is 16.6 Å². The standard InChI is InChI=1S/C21H17ClN2O5S3/c1-3-29-17(25)11-24-14-9-8-12(32(2,27)28)10-16(14)31-21(24)23-20(26)19-18(22)13-6-4-5-7-15(13)30-19/h4-10H,3,11H2,1-2H3. The van der Waals surface area contributed by atoms with Crippen molar-refractivity contribution in [2.75, 3.05) is 12.9 Å². The molecule has 166 valence electrons. The van der Waals surface area contributed by atoms with E-state index in [-0.39, 0.29) is 22.8 Å². The molecule has 2 aromatic carbocycles. The molecule has 0 fully saturated rings. The van der Waals surface area contributed by atoms with Gasteiger partial charge in [0.2, 0.25) is 0 Å². The lowest BCUT2D eigenvalue weighted by atomic mass is 10.2. The van der Waals surface area contributed by atoms with Gasteiger partial charge in [0, 0.05) is 16.3 Å². The fraction of sp³-hybridized carbons (Fsp3) is 0.190. The quantitative estimate of drug-likeness (QED) is 0.375. The summed E-state index contributed by atoms with van der Waals surface area (Å²) in [7, 11) is -3.42. The predicted molar refractivity (Wildman–Crippen MR) is 126 cm³/mol. The number of hydrogen-bond donors (Lipinski definition) is 0. The number of ether oxygens (including phenoxy) is 1. The number of aromatic nitrogens is 1. The van der Waals surface area contributed by atoms with Gasteiger partial charge in [-0.15, -0.1) is 11.3 Å². The van der Waals surface area contributed by atoms with E-state index in [0.29, 0.717) is 20.1 Å². The molecule has 1 amide bonds. The third kappa shape index (κ3) is 4.36. The SMILES string of the molecule is CCOC(=O)Cn1c(=NC(=O)c2sc3ccccc3c2Cl)sc2cc(S(C)(=O)=O)ccc21. The van der Waals surface area contributed by atoms with Crippen molar-refractivity contribution in [2.24, 2.45) is 4.99 Å². The molecule has 7 nitrogen and oxygen atoms in total. The molecular weight excluding hydrogens is 492 g/mol. The van der Waals surface area contributed by atoms with E-state index in [4.69, 9.17) is 16.3 Å². The van der Waals surface area contributed by atoms with E-state index in [9.17, 15) is 18.0 Å². The maximum Gasteiger partial charge on any atom is 0.326 e. The normalized spacial score (nSPS) is 12.5. The molecule has 11 heteroatoms. The van der Waals surface area contributed by atoms with Gasteiger partial charge in [-0.05, 0) is 31.2 Å². The van der Waals surface area contributed by atoms with Crippen molar-refractivity contribution in [3.63, 3.8) is 0 Å². The highest BCUT2D eigenvalue weighted by Gasteiger charge is 2.19. The second-order valence-corrected chi connectivity index (χ2v) is 11.3. The van der Waals surface area contributed by atoms with Gasteiger partial charge in [0.25, 0.3) is 5.91 Å². The second kappa shape index (κ2) is 8.78. The second-order valence-electron chi connectivity index (χ2n) is 6.84. The van der Waals surface area contributed by atoms with Gasteiger partial charge < -0.3 is 9.30 Å². The fourth-order valence-electron chi connectivity index (χ4n) is 3.15. The molecule has 0 atom stereocenters. The van der Waals surface area contributed by atoms with E-state index in [1.807, 2.05) is 24.3 Å². The van der Waals surface area contributed by atoms with Gasteiger partial charge in [-0.25, -0.2) is 8.42 Å². The molecular formula is C21H17ClN2O5S3. The zero-order chi connectivity index (χ0) is 23.0. The molecule has 0 saturated carbocycles. The van der Waals surface area contributed by atoms with Crippen molar-refractivity contribution >= 4 is 76.3 Å². The molecule has 0 saturated heterocycles. The van der Waals surface area contributed by atoms with Gasteiger partial charge in [0.15, 0.2) is 14.6 Å². The van der Waals surface area contributed by atoms with E-state index >= 15 is 0 Å². The number of halogens is 1. The Balaban J connectivity index is 1.88. The van der Waals surface area contributed by atoms with Crippen LogP contribution in [0.25, 0.3) is 20.3 Å². The minimum Gasteiger partial charge on any atom is -0.465 e. The van der Waals surface area contributed by atoms with Crippen LogP contribution in [0, 0.1) is 0 Å². The molecule has 0 aliphatic carbocycles. The maximum absolute atomic E-state index is 13.0. The highest BCUT2D eigenvalue weighted by molar-refractivity contribution is 7.90. The highest BCUT2D eigenvalue weighted by atomic mass is 35.5. The number of sulfone groups is 1. The average molecular weight is 509 g/mol. The van der Waals surface area contributed by atoms with E-state index in [2.05, 4.69) is 4.99 Å². The third-order valence-corrected chi connectivity index (χ3v) is 8.42. The van der Waals surface area contributed by atoms with Gasteiger partial charge in [0.1, 0.15) is 11.4 Å². The molecule has 4 rings (SSSR count). The molecule has 0 radical (unpaired) electrons. The van der Waals surface area contributed by atoms with Crippen LogP contribution >= 0.6 is 34.3 Å². The molecule has 2 aromatic heterocycles. The Labute approximate surface area is 196 Å². The number of hydrogen-bond acceptors (Lipinski definition) is 7. The monoisotopic (exact) mass is 508 g/mol. The highest BCUT2D eigenvalue weighted by Crippen LogP contribution is 2.35. The number of nitrogens with zero attached hydrogens (tertiary/aromatic N) is 2. The van der Waals surface area contributed by atoms with Crippen LogP contribution in [-0.4, -0.2) is 37.7 Å². The van der Waals surface area contributed by atoms with Gasteiger partial charge in [0.05, 0.1) is 26.7 Å². The Morgan fingerprint density at radius 1 is 1.12 bits per heavy atom. The summed E-state index contributed by atoms with van der Waals surface area (Å²) in [5.74, 6) is -1.03. The van der Waals surface area contributed by atoms with E-state index in [1.165, 1.54) is 23.5 Å². The number of thiophene rings is 1. The Morgan fingerprint density at radius 3 is 2.56 bits per heavy atom. The zero-order valence-electron chi connectivity index (χ0n) is 17.0. The predicted octanol–water partition coefficient (Wildman–Crippen LogP) is 4.28. The molecule has 0 bridgehead atoms. The molecule has 0 unspecified atom stereocenters. The van der Waals surface area contributed by atoms with Crippen LogP contribution in [0.5, 0.6) is 0 Å². The number of benzene rings is 2. The van der Waals surface area contributed by atoms with Gasteiger partial charge >= 0.3 is 5.97 Å². The van der Waals surface area contributed by atoms with Crippen LogP contribution in [-0.2, 0) is 25.9 Å². The third-order valence-electron chi connectivity index (χ3n) is 4.60. The van der Waals surface area contributed by atoms with Crippen LogP contribution in [0.3, 0.4) is 0 Å². The summed E-state index contributed by atoms with van der Waals surface area (Å²) in [6, 6.07) is 12.0. The number of thiazole rings is 1. The molecule has 0 N–H and O–H groups in total. The Morgan fingerprint density at radius 2 is 1.88 bits per heavy atom. The first-order chi connectivity index (χ1) is 15.2. The Hall–Kier alpha value is -2.53. The molecule has 2 heterocycles. The fourth-order valence-corrected chi connectivity index (χ4v) is 6.33. The van der Waals surface area contributed by atoms with Gasteiger partial charge in [-0.1, -0.05) is 41.1 Å². The first-order valence-corrected chi connectivity index (χ1v) is 13.3. The number of fused-ring (bicyclic) bond motifs is 2. The summed E-state index contributed by atoms with van der Waals surface area (Å²) in [4.78, 5) is 30.1. The first kappa shape index (κ1) is 22.7. The number of carbonyl (C=O) groups is 2. The first-order valence-electron chi connectivity index (χ1n) is 9.44. The molecule has 32 heavy (non-hydrogen) atoms. The average Bonchev–Trinajstić information content (AvgIpc) is 3.25. The van der Waals surface area contributed by atoms with E-state index in [1.54, 1.807) is 17.6 Å². The number of amides is 1. The summed E-state index contributed by atoms with van der Waals surface area (Å²) in [5, 5.41) is 1.10. The van der Waals surface area contributed by atoms with Crippen molar-refractivity contribution < 1.29 is 22.7 Å². The largest absolute Gasteiger partial charge is 0.465 e. The summed E-state index contributed by atoms with van der Waals surface area (Å²) < 4.78 is 31.9. The van der Waals surface area contributed by atoms with Crippen LogP contribution in [0.2, 0.25) is 5.02 Å². The van der Waals surface area contributed by atoms with Gasteiger partial charge in [-0.3, -0.25) is 9.59 Å². The Kier molecular flexibility index (Phi) is 6.22. The molecule has 4 aromatic rings. The van der Waals surface area contributed by atoms with Gasteiger partial charge in [-0.2, -0.15) is 4.99 Å².